The van der Waals surface area contributed by atoms with E-state index in [1.807, 2.05) is 0 Å². The van der Waals surface area contributed by atoms with Gasteiger partial charge in [-0.25, -0.2) is 4.39 Å². The number of hydrogen-bond acceptors (Lipinski definition) is 2. The monoisotopic (exact) mass is 322 g/mol. The Morgan fingerprint density at radius 3 is 2.30 bits per heavy atom. The standard InChI is InChI=1S/C18H27FN2O2/c1-2-3-4-5-6-7-8-16(18(20)23)21-17(22)13-14-9-11-15(19)12-10-14/h9-12,16H,2-8,13H2,1H3,(H2,20,23)(H,21,22)/t16-/m0/s1. The Morgan fingerprint density at radius 1 is 1.09 bits per heavy atom. The number of amides is 2. The Kier molecular flexibility index (Phi) is 8.95. The van der Waals surface area contributed by atoms with Crippen LogP contribution in [0.3, 0.4) is 0 Å². The molecule has 0 heterocycles. The molecule has 0 aliphatic carbocycles. The van der Waals surface area contributed by atoms with Crippen LogP contribution in [0.1, 0.15) is 57.4 Å². The fourth-order valence-electron chi connectivity index (χ4n) is 2.45. The molecule has 1 atom stereocenters. The first kappa shape index (κ1) is 19.1. The minimum Gasteiger partial charge on any atom is -0.368 e. The number of nitrogens with two attached hydrogens (primary N) is 1. The van der Waals surface area contributed by atoms with Crippen molar-refractivity contribution in [1.29, 1.82) is 0 Å². The van der Waals surface area contributed by atoms with E-state index in [0.717, 1.165) is 19.3 Å². The number of halogens is 1. The van der Waals surface area contributed by atoms with Gasteiger partial charge in [-0.15, -0.1) is 0 Å². The van der Waals surface area contributed by atoms with Crippen molar-refractivity contribution in [3.8, 4) is 0 Å². The van der Waals surface area contributed by atoms with Crippen LogP contribution in [0.5, 0.6) is 0 Å². The fraction of sp³-hybridized carbons (Fsp3) is 0.556. The minimum absolute atomic E-state index is 0.112. The normalized spacial score (nSPS) is 11.9. The van der Waals surface area contributed by atoms with Crippen LogP contribution in [0.25, 0.3) is 0 Å². The maximum Gasteiger partial charge on any atom is 0.239 e. The van der Waals surface area contributed by atoms with E-state index in [-0.39, 0.29) is 18.1 Å². The number of hydrogen-bond donors (Lipinski definition) is 2. The summed E-state index contributed by atoms with van der Waals surface area (Å²) in [4.78, 5) is 23.4. The number of benzene rings is 1. The van der Waals surface area contributed by atoms with E-state index in [1.165, 1.54) is 31.4 Å². The van der Waals surface area contributed by atoms with Crippen molar-refractivity contribution in [2.75, 3.05) is 0 Å². The molecule has 1 rings (SSSR count). The van der Waals surface area contributed by atoms with E-state index in [1.54, 1.807) is 12.1 Å². The molecule has 0 unspecified atom stereocenters. The Labute approximate surface area is 137 Å². The molecule has 0 spiro atoms. The Hall–Kier alpha value is -1.91. The van der Waals surface area contributed by atoms with Crippen molar-refractivity contribution >= 4 is 11.8 Å². The second-order valence-corrected chi connectivity index (χ2v) is 5.88. The Morgan fingerprint density at radius 2 is 1.70 bits per heavy atom. The van der Waals surface area contributed by atoms with Crippen LogP contribution in [-0.4, -0.2) is 17.9 Å². The van der Waals surface area contributed by atoms with Crippen molar-refractivity contribution in [3.05, 3.63) is 35.6 Å². The summed E-state index contributed by atoms with van der Waals surface area (Å²) in [5, 5.41) is 2.67. The van der Waals surface area contributed by atoms with Gasteiger partial charge in [0.2, 0.25) is 11.8 Å². The Balaban J connectivity index is 2.35. The lowest BCUT2D eigenvalue weighted by molar-refractivity contribution is -0.127. The molecule has 5 heteroatoms. The first-order valence-corrected chi connectivity index (χ1v) is 8.36. The van der Waals surface area contributed by atoms with Gasteiger partial charge in [-0.3, -0.25) is 9.59 Å². The van der Waals surface area contributed by atoms with Crippen LogP contribution in [0.2, 0.25) is 0 Å². The summed E-state index contributed by atoms with van der Waals surface area (Å²) in [6.45, 7) is 2.17. The van der Waals surface area contributed by atoms with Gasteiger partial charge in [-0.05, 0) is 24.1 Å². The number of rotatable bonds is 11. The van der Waals surface area contributed by atoms with Crippen molar-refractivity contribution in [2.45, 2.75) is 64.3 Å². The second-order valence-electron chi connectivity index (χ2n) is 5.88. The van der Waals surface area contributed by atoms with E-state index in [9.17, 15) is 14.0 Å². The predicted molar refractivity (Wildman–Crippen MR) is 89.2 cm³/mol. The molecule has 0 aliphatic rings. The minimum atomic E-state index is -0.630. The maximum atomic E-state index is 12.8. The number of nitrogens with one attached hydrogen (secondary N) is 1. The van der Waals surface area contributed by atoms with Gasteiger partial charge in [0.1, 0.15) is 11.9 Å². The summed E-state index contributed by atoms with van der Waals surface area (Å²) < 4.78 is 12.8. The zero-order valence-corrected chi connectivity index (χ0v) is 13.8. The number of primary amides is 1. The second kappa shape index (κ2) is 10.8. The average molecular weight is 322 g/mol. The lowest BCUT2D eigenvalue weighted by Crippen LogP contribution is -2.44. The summed E-state index contributed by atoms with van der Waals surface area (Å²) in [7, 11) is 0. The quantitative estimate of drug-likeness (QED) is 0.615. The van der Waals surface area contributed by atoms with E-state index < -0.39 is 11.9 Å². The first-order chi connectivity index (χ1) is 11.0. The number of carbonyl (C=O) groups excluding carboxylic acids is 2. The topological polar surface area (TPSA) is 72.2 Å². The molecule has 0 aromatic heterocycles. The summed E-state index contributed by atoms with van der Waals surface area (Å²) in [6, 6.07) is 5.10. The van der Waals surface area contributed by atoms with Gasteiger partial charge in [0.25, 0.3) is 0 Å². The van der Waals surface area contributed by atoms with Crippen molar-refractivity contribution in [1.82, 2.24) is 5.32 Å². The first-order valence-electron chi connectivity index (χ1n) is 8.36. The van der Waals surface area contributed by atoms with Crippen molar-refractivity contribution in [3.63, 3.8) is 0 Å². The van der Waals surface area contributed by atoms with E-state index in [0.29, 0.717) is 12.0 Å². The smallest absolute Gasteiger partial charge is 0.239 e. The van der Waals surface area contributed by atoms with Crippen LogP contribution in [0.4, 0.5) is 4.39 Å². The molecular weight excluding hydrogens is 295 g/mol. The molecule has 23 heavy (non-hydrogen) atoms. The van der Waals surface area contributed by atoms with Gasteiger partial charge in [0.05, 0.1) is 6.42 Å². The Bertz CT molecular complexity index is 488. The maximum absolute atomic E-state index is 12.8. The molecule has 0 radical (unpaired) electrons. The van der Waals surface area contributed by atoms with Gasteiger partial charge in [0.15, 0.2) is 0 Å². The largest absolute Gasteiger partial charge is 0.368 e. The molecule has 0 fully saturated rings. The average Bonchev–Trinajstić information content (AvgIpc) is 2.51. The number of unbranched alkanes of at least 4 members (excludes halogenated alkanes) is 5. The third-order valence-electron chi connectivity index (χ3n) is 3.80. The van der Waals surface area contributed by atoms with E-state index in [4.69, 9.17) is 5.73 Å². The van der Waals surface area contributed by atoms with Gasteiger partial charge < -0.3 is 11.1 Å². The van der Waals surface area contributed by atoms with Gasteiger partial charge in [0, 0.05) is 0 Å². The molecule has 3 N–H and O–H groups in total. The highest BCUT2D eigenvalue weighted by Crippen LogP contribution is 2.09. The number of carbonyl (C=O) groups is 2. The summed E-state index contributed by atoms with van der Waals surface area (Å²) in [5.41, 5.74) is 6.06. The van der Waals surface area contributed by atoms with Crippen LogP contribution < -0.4 is 11.1 Å². The van der Waals surface area contributed by atoms with Crippen LogP contribution >= 0.6 is 0 Å². The van der Waals surface area contributed by atoms with Gasteiger partial charge in [-0.2, -0.15) is 0 Å². The van der Waals surface area contributed by atoms with Crippen molar-refractivity contribution in [2.24, 2.45) is 5.73 Å². The lowest BCUT2D eigenvalue weighted by Gasteiger charge is -2.15. The molecule has 128 valence electrons. The molecule has 4 nitrogen and oxygen atoms in total. The summed E-state index contributed by atoms with van der Waals surface area (Å²) in [5.74, 6) is -1.12. The SMILES string of the molecule is CCCCCCCC[C@H](NC(=O)Cc1ccc(F)cc1)C(N)=O. The molecule has 2 amide bonds. The zero-order valence-electron chi connectivity index (χ0n) is 13.8. The molecule has 1 aromatic carbocycles. The van der Waals surface area contributed by atoms with Crippen LogP contribution in [-0.2, 0) is 16.0 Å². The molecular formula is C18H27FN2O2. The highest BCUT2D eigenvalue weighted by atomic mass is 19.1. The third kappa shape index (κ3) is 8.33. The van der Waals surface area contributed by atoms with Gasteiger partial charge in [-0.1, -0.05) is 57.6 Å². The van der Waals surface area contributed by atoms with E-state index >= 15 is 0 Å². The molecule has 1 aromatic rings. The molecule has 0 bridgehead atoms. The highest BCUT2D eigenvalue weighted by molar-refractivity contribution is 5.87. The lowest BCUT2D eigenvalue weighted by atomic mass is 10.0. The van der Waals surface area contributed by atoms with Gasteiger partial charge >= 0.3 is 0 Å². The fourth-order valence-corrected chi connectivity index (χ4v) is 2.45. The molecule has 0 saturated carbocycles. The summed E-state index contributed by atoms with van der Waals surface area (Å²) in [6.07, 6.45) is 7.36. The predicted octanol–water partition coefficient (Wildman–Crippen LogP) is 3.09. The summed E-state index contributed by atoms with van der Waals surface area (Å²) >= 11 is 0. The zero-order chi connectivity index (χ0) is 17.1. The molecule has 0 saturated heterocycles. The van der Waals surface area contributed by atoms with Crippen LogP contribution in [0.15, 0.2) is 24.3 Å². The molecule has 0 aliphatic heterocycles. The third-order valence-corrected chi connectivity index (χ3v) is 3.80. The highest BCUT2D eigenvalue weighted by Gasteiger charge is 2.17. The van der Waals surface area contributed by atoms with Crippen molar-refractivity contribution < 1.29 is 14.0 Å². The van der Waals surface area contributed by atoms with Crippen LogP contribution in [0, 0.1) is 5.82 Å². The van der Waals surface area contributed by atoms with E-state index in [2.05, 4.69) is 12.2 Å².